The first kappa shape index (κ1) is 26.3. The van der Waals surface area contributed by atoms with Crippen LogP contribution in [0.5, 0.6) is 5.75 Å². The van der Waals surface area contributed by atoms with E-state index in [0.29, 0.717) is 24.5 Å². The van der Waals surface area contributed by atoms with Crippen LogP contribution in [0, 0.1) is 5.92 Å². The highest BCUT2D eigenvalue weighted by Crippen LogP contribution is 2.31. The maximum Gasteiger partial charge on any atom is 0.278 e. The third kappa shape index (κ3) is 5.31. The molecule has 7 heteroatoms. The lowest BCUT2D eigenvalue weighted by Gasteiger charge is -2.16. The van der Waals surface area contributed by atoms with Gasteiger partial charge < -0.3 is 14.6 Å². The number of benzene rings is 2. The normalized spacial score (nSPS) is 15.7. The average Bonchev–Trinajstić information content (AvgIpc) is 3.43. The summed E-state index contributed by atoms with van der Waals surface area (Å²) < 4.78 is 7.53. The smallest absolute Gasteiger partial charge is 0.278 e. The zero-order chi connectivity index (χ0) is 28.3. The second-order valence-electron chi connectivity index (χ2n) is 10.4. The Morgan fingerprint density at radius 1 is 0.976 bits per heavy atom. The maximum absolute atomic E-state index is 12.6. The van der Waals surface area contributed by atoms with Gasteiger partial charge >= 0.3 is 0 Å². The minimum absolute atomic E-state index is 0.120. The summed E-state index contributed by atoms with van der Waals surface area (Å²) in [6, 6.07) is 20.2. The third-order valence-electron chi connectivity index (χ3n) is 7.98. The Kier molecular flexibility index (Phi) is 7.25. The predicted octanol–water partition coefficient (Wildman–Crippen LogP) is 6.85. The van der Waals surface area contributed by atoms with Gasteiger partial charge in [-0.05, 0) is 85.5 Å². The van der Waals surface area contributed by atoms with Crippen molar-refractivity contribution in [3.8, 4) is 28.1 Å². The molecule has 0 bridgehead atoms. The molecule has 0 aliphatic carbocycles. The summed E-state index contributed by atoms with van der Waals surface area (Å²) in [4.78, 5) is 34.3. The highest BCUT2D eigenvalue weighted by atomic mass is 16.5. The van der Waals surface area contributed by atoms with Gasteiger partial charge in [0.1, 0.15) is 11.3 Å². The number of carbonyl (C=O) groups excluding carboxylic acids is 1. The molecule has 1 fully saturated rings. The molecule has 4 heterocycles. The van der Waals surface area contributed by atoms with Crippen LogP contribution in [0.4, 0.5) is 0 Å². The van der Waals surface area contributed by atoms with Crippen LogP contribution in [0.2, 0.25) is 0 Å². The predicted molar refractivity (Wildman–Crippen MR) is 164 cm³/mol. The fraction of sp³-hybridized carbons (Fsp3) is 0.206. The van der Waals surface area contributed by atoms with Gasteiger partial charge in [0.25, 0.3) is 5.56 Å². The SMILES string of the molecule is C=CN1CCC(CCOc2ccc(-c3ccc4cc(-c5cn(C=C)c(=O)c6[nH]ccc56)ccc4n3)cc2)CCC1=O. The van der Waals surface area contributed by atoms with E-state index in [0.717, 1.165) is 70.2 Å². The van der Waals surface area contributed by atoms with Crippen molar-refractivity contribution in [2.24, 2.45) is 5.92 Å². The Bertz CT molecular complexity index is 1820. The summed E-state index contributed by atoms with van der Waals surface area (Å²) in [5.41, 5.74) is 5.19. The van der Waals surface area contributed by atoms with Crippen molar-refractivity contribution in [1.82, 2.24) is 19.4 Å². The molecule has 1 amide bonds. The number of fused-ring (bicyclic) bond motifs is 2. The quantitative estimate of drug-likeness (QED) is 0.232. The lowest BCUT2D eigenvalue weighted by molar-refractivity contribution is -0.128. The monoisotopic (exact) mass is 544 g/mol. The number of likely N-dealkylation sites (tertiary alicyclic amines) is 1. The number of hydrogen-bond donors (Lipinski definition) is 1. The lowest BCUT2D eigenvalue weighted by Crippen LogP contribution is -2.24. The molecule has 0 spiro atoms. The number of rotatable bonds is 8. The molecule has 2 aromatic carbocycles. The highest BCUT2D eigenvalue weighted by Gasteiger charge is 2.20. The Labute approximate surface area is 238 Å². The van der Waals surface area contributed by atoms with Crippen molar-refractivity contribution in [3.05, 3.63) is 103 Å². The van der Waals surface area contributed by atoms with E-state index in [1.54, 1.807) is 17.3 Å². The van der Waals surface area contributed by atoms with Gasteiger partial charge in [-0.25, -0.2) is 4.98 Å². The van der Waals surface area contributed by atoms with Crippen molar-refractivity contribution in [1.29, 1.82) is 0 Å². The number of carbonyl (C=O) groups is 1. The number of H-pyrrole nitrogens is 1. The minimum Gasteiger partial charge on any atom is -0.494 e. The van der Waals surface area contributed by atoms with E-state index in [-0.39, 0.29) is 11.5 Å². The molecule has 1 aliphatic rings. The van der Waals surface area contributed by atoms with Crippen LogP contribution in [0.25, 0.3) is 50.4 Å². The third-order valence-corrected chi connectivity index (χ3v) is 7.98. The largest absolute Gasteiger partial charge is 0.494 e. The zero-order valence-corrected chi connectivity index (χ0v) is 22.9. The molecule has 206 valence electrons. The number of hydrogen-bond acceptors (Lipinski definition) is 4. The molecule has 5 aromatic rings. The second-order valence-corrected chi connectivity index (χ2v) is 10.4. The van der Waals surface area contributed by atoms with Crippen molar-refractivity contribution in [3.63, 3.8) is 0 Å². The van der Waals surface area contributed by atoms with E-state index < -0.39 is 0 Å². The van der Waals surface area contributed by atoms with Crippen LogP contribution in [0.15, 0.2) is 97.2 Å². The number of nitrogens with one attached hydrogen (secondary N) is 1. The molecule has 1 unspecified atom stereocenters. The van der Waals surface area contributed by atoms with Crippen LogP contribution in [0.3, 0.4) is 0 Å². The molecule has 0 radical (unpaired) electrons. The van der Waals surface area contributed by atoms with E-state index in [4.69, 9.17) is 9.72 Å². The van der Waals surface area contributed by atoms with E-state index >= 15 is 0 Å². The summed E-state index contributed by atoms with van der Waals surface area (Å²) in [5, 5.41) is 1.89. The summed E-state index contributed by atoms with van der Waals surface area (Å²) in [7, 11) is 0. The number of aromatic amines is 1. The summed E-state index contributed by atoms with van der Waals surface area (Å²) in [6.07, 6.45) is 10.2. The number of ether oxygens (including phenoxy) is 1. The van der Waals surface area contributed by atoms with E-state index in [2.05, 4.69) is 30.3 Å². The fourth-order valence-corrected chi connectivity index (χ4v) is 5.60. The topological polar surface area (TPSA) is 80.2 Å². The molecule has 0 saturated carbocycles. The summed E-state index contributed by atoms with van der Waals surface area (Å²) in [6.45, 7) is 8.88. The second kappa shape index (κ2) is 11.3. The average molecular weight is 545 g/mol. The molecule has 7 nitrogen and oxygen atoms in total. The molecule has 1 aliphatic heterocycles. The Balaban J connectivity index is 1.14. The molecule has 6 rings (SSSR count). The van der Waals surface area contributed by atoms with E-state index in [1.165, 1.54) is 10.8 Å². The van der Waals surface area contributed by atoms with E-state index in [1.807, 2.05) is 54.7 Å². The summed E-state index contributed by atoms with van der Waals surface area (Å²) >= 11 is 0. The number of amides is 1. The van der Waals surface area contributed by atoms with Gasteiger partial charge in [0.05, 0.1) is 17.8 Å². The van der Waals surface area contributed by atoms with Crippen LogP contribution in [-0.2, 0) is 4.79 Å². The highest BCUT2D eigenvalue weighted by molar-refractivity contribution is 5.97. The van der Waals surface area contributed by atoms with Gasteiger partial charge in [0.15, 0.2) is 0 Å². The minimum atomic E-state index is -0.120. The fourth-order valence-electron chi connectivity index (χ4n) is 5.60. The number of aromatic nitrogens is 3. The van der Waals surface area contributed by atoms with Crippen molar-refractivity contribution in [2.45, 2.75) is 25.7 Å². The maximum atomic E-state index is 12.6. The van der Waals surface area contributed by atoms with Gasteiger partial charge in [-0.2, -0.15) is 0 Å². The van der Waals surface area contributed by atoms with E-state index in [9.17, 15) is 9.59 Å². The Morgan fingerprint density at radius 3 is 2.61 bits per heavy atom. The molecule has 1 saturated heterocycles. The first-order valence-corrected chi connectivity index (χ1v) is 14.0. The van der Waals surface area contributed by atoms with Crippen LogP contribution < -0.4 is 10.3 Å². The van der Waals surface area contributed by atoms with Gasteiger partial charge in [-0.1, -0.05) is 25.3 Å². The standard InChI is InChI=1S/C34H32N4O3/c1-3-37-19-16-23(5-14-32(37)39)17-20-41-27-10-6-24(7-11-27)30-13-9-26-21-25(8-12-31(26)36-30)29-22-38(4-2)34(40)33-28(29)15-18-35-33/h3-4,6-13,15,18,21-23,35H,1-2,5,14,16-17,19-20H2. The molecule has 1 N–H and O–H groups in total. The van der Waals surface area contributed by atoms with Crippen LogP contribution >= 0.6 is 0 Å². The Morgan fingerprint density at radius 2 is 1.80 bits per heavy atom. The van der Waals surface area contributed by atoms with Gasteiger partial charge in [0.2, 0.25) is 5.91 Å². The van der Waals surface area contributed by atoms with Crippen molar-refractivity contribution in [2.75, 3.05) is 13.2 Å². The molecular formula is C34H32N4O3. The van der Waals surface area contributed by atoms with Gasteiger partial charge in [-0.3, -0.25) is 14.2 Å². The molecule has 41 heavy (non-hydrogen) atoms. The number of nitrogens with zero attached hydrogens (tertiary/aromatic N) is 3. The summed E-state index contributed by atoms with van der Waals surface area (Å²) in [5.74, 6) is 1.47. The molecule has 3 aromatic heterocycles. The zero-order valence-electron chi connectivity index (χ0n) is 22.9. The van der Waals surface area contributed by atoms with Crippen molar-refractivity contribution < 1.29 is 9.53 Å². The Hall–Kier alpha value is -4.91. The number of pyridine rings is 2. The van der Waals surface area contributed by atoms with Crippen molar-refractivity contribution >= 4 is 33.9 Å². The van der Waals surface area contributed by atoms with Gasteiger partial charge in [0, 0.05) is 53.5 Å². The van der Waals surface area contributed by atoms with Gasteiger partial charge in [-0.15, -0.1) is 0 Å². The van der Waals surface area contributed by atoms with Crippen LogP contribution in [0.1, 0.15) is 25.7 Å². The molecule has 1 atom stereocenters. The van der Waals surface area contributed by atoms with Crippen LogP contribution in [-0.4, -0.2) is 38.5 Å². The first-order valence-electron chi connectivity index (χ1n) is 14.0. The molecular weight excluding hydrogens is 512 g/mol. The lowest BCUT2D eigenvalue weighted by atomic mass is 9.97. The first-order chi connectivity index (χ1) is 20.0.